The van der Waals surface area contributed by atoms with Crippen LogP contribution in [0.3, 0.4) is 0 Å². The molecule has 4 heteroatoms. The Morgan fingerprint density at radius 2 is 1.95 bits per heavy atom. The molecule has 3 fully saturated rings. The summed E-state index contributed by atoms with van der Waals surface area (Å²) in [6.07, 6.45) is 7.61. The Morgan fingerprint density at radius 1 is 1.25 bits per heavy atom. The SMILES string of the molecule is CC1CCCNC1C(=O)NCC1CC2CCC(C1)N2C. The molecule has 1 amide bonds. The monoisotopic (exact) mass is 279 g/mol. The number of hydrogen-bond donors (Lipinski definition) is 2. The first-order valence-electron chi connectivity index (χ1n) is 8.38. The number of fused-ring (bicyclic) bond motifs is 2. The number of carbonyl (C=O) groups is 1. The molecule has 0 radical (unpaired) electrons. The maximum absolute atomic E-state index is 12.3. The second-order valence-corrected chi connectivity index (χ2v) is 7.18. The Morgan fingerprint density at radius 3 is 2.60 bits per heavy atom. The minimum atomic E-state index is 0.0340. The van der Waals surface area contributed by atoms with E-state index in [2.05, 4.69) is 29.5 Å². The van der Waals surface area contributed by atoms with Crippen molar-refractivity contribution in [3.05, 3.63) is 0 Å². The zero-order valence-corrected chi connectivity index (χ0v) is 12.9. The van der Waals surface area contributed by atoms with Gasteiger partial charge in [-0.2, -0.15) is 0 Å². The lowest BCUT2D eigenvalue weighted by molar-refractivity contribution is -0.125. The maximum atomic E-state index is 12.3. The minimum Gasteiger partial charge on any atom is -0.354 e. The van der Waals surface area contributed by atoms with Crippen molar-refractivity contribution < 1.29 is 4.79 Å². The Balaban J connectivity index is 1.46. The number of piperidine rings is 2. The van der Waals surface area contributed by atoms with Crippen molar-refractivity contribution >= 4 is 5.91 Å². The standard InChI is InChI=1S/C16H29N3O/c1-11-4-3-7-17-15(11)16(20)18-10-12-8-13-5-6-14(9-12)19(13)2/h11-15,17H,3-10H2,1-2H3,(H,18,20). The van der Waals surface area contributed by atoms with Gasteiger partial charge in [-0.05, 0) is 64.0 Å². The van der Waals surface area contributed by atoms with Gasteiger partial charge in [0.15, 0.2) is 0 Å². The lowest BCUT2D eigenvalue weighted by atomic mass is 9.90. The average molecular weight is 279 g/mol. The van der Waals surface area contributed by atoms with Crippen molar-refractivity contribution in [3.63, 3.8) is 0 Å². The largest absolute Gasteiger partial charge is 0.354 e. The van der Waals surface area contributed by atoms with Crippen molar-refractivity contribution in [3.8, 4) is 0 Å². The molecule has 0 spiro atoms. The van der Waals surface area contributed by atoms with Crippen LogP contribution < -0.4 is 10.6 Å². The summed E-state index contributed by atoms with van der Waals surface area (Å²) >= 11 is 0. The topological polar surface area (TPSA) is 44.4 Å². The van der Waals surface area contributed by atoms with Crippen LogP contribution in [0.25, 0.3) is 0 Å². The van der Waals surface area contributed by atoms with Crippen LogP contribution in [0.4, 0.5) is 0 Å². The molecule has 2 bridgehead atoms. The Kier molecular flexibility index (Phi) is 4.32. The summed E-state index contributed by atoms with van der Waals surface area (Å²) in [5, 5.41) is 6.59. The van der Waals surface area contributed by atoms with Gasteiger partial charge >= 0.3 is 0 Å². The molecule has 20 heavy (non-hydrogen) atoms. The minimum absolute atomic E-state index is 0.0340. The van der Waals surface area contributed by atoms with Crippen molar-refractivity contribution in [2.45, 2.75) is 63.6 Å². The highest BCUT2D eigenvalue weighted by Gasteiger charge is 2.38. The molecule has 3 aliphatic heterocycles. The number of carbonyl (C=O) groups excluding carboxylic acids is 1. The van der Waals surface area contributed by atoms with E-state index in [-0.39, 0.29) is 11.9 Å². The molecule has 0 aromatic carbocycles. The highest BCUT2D eigenvalue weighted by Crippen LogP contribution is 2.37. The highest BCUT2D eigenvalue weighted by molar-refractivity contribution is 5.82. The van der Waals surface area contributed by atoms with E-state index in [1.54, 1.807) is 0 Å². The summed E-state index contributed by atoms with van der Waals surface area (Å²) < 4.78 is 0. The van der Waals surface area contributed by atoms with Gasteiger partial charge in [-0.25, -0.2) is 0 Å². The van der Waals surface area contributed by atoms with Crippen LogP contribution in [0.15, 0.2) is 0 Å². The van der Waals surface area contributed by atoms with E-state index in [1.165, 1.54) is 38.5 Å². The molecule has 4 unspecified atom stereocenters. The van der Waals surface area contributed by atoms with Crippen LogP contribution in [-0.4, -0.2) is 49.1 Å². The van der Waals surface area contributed by atoms with Crippen LogP contribution in [-0.2, 0) is 4.79 Å². The third-order valence-electron chi connectivity index (χ3n) is 5.81. The molecule has 3 saturated heterocycles. The van der Waals surface area contributed by atoms with Crippen LogP contribution in [0, 0.1) is 11.8 Å². The number of amides is 1. The number of nitrogens with one attached hydrogen (secondary N) is 2. The summed E-state index contributed by atoms with van der Waals surface area (Å²) in [4.78, 5) is 14.9. The predicted molar refractivity (Wildman–Crippen MR) is 80.5 cm³/mol. The van der Waals surface area contributed by atoms with Gasteiger partial charge in [0.05, 0.1) is 6.04 Å². The number of nitrogens with zero attached hydrogens (tertiary/aromatic N) is 1. The summed E-state index contributed by atoms with van der Waals surface area (Å²) in [6, 6.07) is 1.57. The fourth-order valence-electron chi connectivity index (χ4n) is 4.45. The highest BCUT2D eigenvalue weighted by atomic mass is 16.2. The summed E-state index contributed by atoms with van der Waals surface area (Å²) in [6.45, 7) is 4.05. The van der Waals surface area contributed by atoms with Crippen molar-refractivity contribution in [2.75, 3.05) is 20.1 Å². The maximum Gasteiger partial charge on any atom is 0.237 e. The van der Waals surface area contributed by atoms with E-state index in [0.717, 1.165) is 25.2 Å². The quantitative estimate of drug-likeness (QED) is 0.820. The van der Waals surface area contributed by atoms with Crippen molar-refractivity contribution in [1.29, 1.82) is 0 Å². The molecule has 4 nitrogen and oxygen atoms in total. The van der Waals surface area contributed by atoms with Gasteiger partial charge in [-0.15, -0.1) is 0 Å². The Labute approximate surface area is 122 Å². The Hall–Kier alpha value is -0.610. The van der Waals surface area contributed by atoms with E-state index < -0.39 is 0 Å². The predicted octanol–water partition coefficient (Wildman–Crippen LogP) is 1.36. The van der Waals surface area contributed by atoms with Crippen LogP contribution in [0.1, 0.15) is 45.4 Å². The molecule has 0 aliphatic carbocycles. The summed E-state index contributed by atoms with van der Waals surface area (Å²) in [7, 11) is 2.27. The van der Waals surface area contributed by atoms with E-state index in [9.17, 15) is 4.79 Å². The zero-order chi connectivity index (χ0) is 14.1. The molecular weight excluding hydrogens is 250 g/mol. The molecule has 2 N–H and O–H groups in total. The van der Waals surface area contributed by atoms with E-state index >= 15 is 0 Å². The van der Waals surface area contributed by atoms with Gasteiger partial charge < -0.3 is 15.5 Å². The molecular formula is C16H29N3O. The zero-order valence-electron chi connectivity index (χ0n) is 12.9. The average Bonchev–Trinajstić information content (AvgIpc) is 2.66. The lowest BCUT2D eigenvalue weighted by Crippen LogP contribution is -2.52. The van der Waals surface area contributed by atoms with Gasteiger partial charge in [-0.1, -0.05) is 6.92 Å². The molecule has 0 aromatic heterocycles. The van der Waals surface area contributed by atoms with Gasteiger partial charge in [0.25, 0.3) is 0 Å². The molecule has 114 valence electrons. The van der Waals surface area contributed by atoms with Gasteiger partial charge in [-0.3, -0.25) is 4.79 Å². The molecule has 0 saturated carbocycles. The summed E-state index contributed by atoms with van der Waals surface area (Å²) in [5.41, 5.74) is 0. The van der Waals surface area contributed by atoms with Crippen molar-refractivity contribution in [1.82, 2.24) is 15.5 Å². The summed E-state index contributed by atoms with van der Waals surface area (Å²) in [5.74, 6) is 1.38. The fraction of sp³-hybridized carbons (Fsp3) is 0.938. The van der Waals surface area contributed by atoms with Gasteiger partial charge in [0, 0.05) is 18.6 Å². The molecule has 4 atom stereocenters. The molecule has 0 aromatic rings. The normalized spacial score (nSPS) is 41.6. The second kappa shape index (κ2) is 6.02. The first-order valence-corrected chi connectivity index (χ1v) is 8.38. The Bertz CT molecular complexity index is 346. The lowest BCUT2D eigenvalue weighted by Gasteiger charge is -2.37. The molecule has 3 heterocycles. The number of hydrogen-bond acceptors (Lipinski definition) is 3. The first-order chi connectivity index (χ1) is 9.65. The smallest absolute Gasteiger partial charge is 0.237 e. The number of rotatable bonds is 3. The first kappa shape index (κ1) is 14.3. The van der Waals surface area contributed by atoms with Gasteiger partial charge in [0.1, 0.15) is 0 Å². The van der Waals surface area contributed by atoms with E-state index in [1.807, 2.05) is 0 Å². The molecule has 3 rings (SSSR count). The fourth-order valence-corrected chi connectivity index (χ4v) is 4.45. The van der Waals surface area contributed by atoms with Crippen molar-refractivity contribution in [2.24, 2.45) is 11.8 Å². The third kappa shape index (κ3) is 2.86. The van der Waals surface area contributed by atoms with E-state index in [0.29, 0.717) is 11.8 Å². The van der Waals surface area contributed by atoms with E-state index in [4.69, 9.17) is 0 Å². The third-order valence-corrected chi connectivity index (χ3v) is 5.81. The van der Waals surface area contributed by atoms with Crippen LogP contribution in [0.2, 0.25) is 0 Å². The van der Waals surface area contributed by atoms with Gasteiger partial charge in [0.2, 0.25) is 5.91 Å². The second-order valence-electron chi connectivity index (χ2n) is 7.18. The molecule has 3 aliphatic rings. The van der Waals surface area contributed by atoms with Crippen LogP contribution in [0.5, 0.6) is 0 Å². The van der Waals surface area contributed by atoms with Crippen LogP contribution >= 0.6 is 0 Å².